The zero-order valence-corrected chi connectivity index (χ0v) is 13.3. The van der Waals surface area contributed by atoms with Crippen LogP contribution in [-0.4, -0.2) is 62.1 Å². The van der Waals surface area contributed by atoms with Crippen molar-refractivity contribution >= 4 is 11.7 Å². The van der Waals surface area contributed by atoms with Crippen molar-refractivity contribution in [2.75, 3.05) is 19.4 Å². The number of aromatic nitrogens is 4. The van der Waals surface area contributed by atoms with Crippen molar-refractivity contribution in [2.24, 2.45) is 0 Å². The Labute approximate surface area is 134 Å². The summed E-state index contributed by atoms with van der Waals surface area (Å²) in [6.45, 7) is 1.96. The standard InChI is InChI=1S/C15H20N6O2/c1-9-7-16-21(8-9)14-11(6-12(14)22)17-13-5-4-10(18-19-13)15(23)20(2)3/h4-5,7-8,11-12,14,22H,6H2,1-3H3,(H,17,19)/t11-,12+,14+/m0/s1. The third-order valence-electron chi connectivity index (χ3n) is 3.96. The van der Waals surface area contributed by atoms with E-state index in [2.05, 4.69) is 20.6 Å². The Morgan fingerprint density at radius 2 is 2.17 bits per heavy atom. The lowest BCUT2D eigenvalue weighted by Crippen LogP contribution is -2.51. The minimum Gasteiger partial charge on any atom is -0.391 e. The van der Waals surface area contributed by atoms with Crippen LogP contribution < -0.4 is 5.32 Å². The number of hydrogen-bond acceptors (Lipinski definition) is 6. The number of nitrogens with one attached hydrogen (secondary N) is 1. The lowest BCUT2D eigenvalue weighted by molar-refractivity contribution is 0.0132. The van der Waals surface area contributed by atoms with Crippen molar-refractivity contribution in [2.45, 2.75) is 31.5 Å². The number of aliphatic hydroxyl groups excluding tert-OH is 1. The van der Waals surface area contributed by atoms with Gasteiger partial charge in [-0.25, -0.2) is 0 Å². The molecule has 0 spiro atoms. The Morgan fingerprint density at radius 3 is 2.70 bits per heavy atom. The molecule has 0 unspecified atom stereocenters. The minimum absolute atomic E-state index is 0.0222. The first-order chi connectivity index (χ1) is 11.0. The topological polar surface area (TPSA) is 96.2 Å². The molecule has 0 radical (unpaired) electrons. The van der Waals surface area contributed by atoms with Gasteiger partial charge in [0, 0.05) is 20.3 Å². The van der Waals surface area contributed by atoms with E-state index >= 15 is 0 Å². The van der Waals surface area contributed by atoms with Crippen molar-refractivity contribution in [3.63, 3.8) is 0 Å². The number of aryl methyl sites for hydroxylation is 1. The van der Waals surface area contributed by atoms with Crippen molar-refractivity contribution < 1.29 is 9.90 Å². The molecule has 1 aliphatic carbocycles. The number of aliphatic hydroxyl groups is 1. The fourth-order valence-electron chi connectivity index (χ4n) is 2.65. The summed E-state index contributed by atoms with van der Waals surface area (Å²) in [6.07, 6.45) is 3.86. The first kappa shape index (κ1) is 15.4. The monoisotopic (exact) mass is 316 g/mol. The number of rotatable bonds is 4. The fraction of sp³-hybridized carbons (Fsp3) is 0.467. The second-order valence-corrected chi connectivity index (χ2v) is 6.05. The van der Waals surface area contributed by atoms with Gasteiger partial charge in [0.25, 0.3) is 5.91 Å². The van der Waals surface area contributed by atoms with Crippen LogP contribution in [0.1, 0.15) is 28.5 Å². The molecule has 1 saturated carbocycles. The number of carbonyl (C=O) groups is 1. The van der Waals surface area contributed by atoms with E-state index in [1.807, 2.05) is 13.1 Å². The second kappa shape index (κ2) is 5.96. The normalized spacial score (nSPS) is 23.2. The predicted molar refractivity (Wildman–Crippen MR) is 84.1 cm³/mol. The van der Waals surface area contributed by atoms with E-state index in [4.69, 9.17) is 0 Å². The van der Waals surface area contributed by atoms with E-state index in [1.165, 1.54) is 4.90 Å². The van der Waals surface area contributed by atoms with Crippen LogP contribution >= 0.6 is 0 Å². The maximum absolute atomic E-state index is 11.8. The van der Waals surface area contributed by atoms with Crippen LogP contribution in [-0.2, 0) is 0 Å². The van der Waals surface area contributed by atoms with Gasteiger partial charge < -0.3 is 15.3 Å². The van der Waals surface area contributed by atoms with Crippen LogP contribution in [0.4, 0.5) is 5.82 Å². The highest BCUT2D eigenvalue weighted by atomic mass is 16.3. The SMILES string of the molecule is Cc1cnn([C@H]2[C@H](O)C[C@@H]2Nc2ccc(C(=O)N(C)C)nn2)c1. The van der Waals surface area contributed by atoms with E-state index in [9.17, 15) is 9.90 Å². The van der Waals surface area contributed by atoms with Crippen LogP contribution in [0.3, 0.4) is 0 Å². The Bertz CT molecular complexity index is 696. The molecule has 0 aromatic carbocycles. The number of carbonyl (C=O) groups excluding carboxylic acids is 1. The molecular formula is C15H20N6O2. The molecule has 23 heavy (non-hydrogen) atoms. The van der Waals surface area contributed by atoms with Gasteiger partial charge in [-0.15, -0.1) is 10.2 Å². The molecule has 2 N–H and O–H groups in total. The second-order valence-electron chi connectivity index (χ2n) is 6.05. The molecule has 3 atom stereocenters. The van der Waals surface area contributed by atoms with Crippen LogP contribution in [0.2, 0.25) is 0 Å². The summed E-state index contributed by atoms with van der Waals surface area (Å²) >= 11 is 0. The van der Waals surface area contributed by atoms with E-state index < -0.39 is 6.10 Å². The van der Waals surface area contributed by atoms with Gasteiger partial charge in [0.2, 0.25) is 0 Å². The molecule has 1 aliphatic rings. The molecule has 8 nitrogen and oxygen atoms in total. The predicted octanol–water partition coefficient (Wildman–Crippen LogP) is 0.470. The Morgan fingerprint density at radius 1 is 1.39 bits per heavy atom. The summed E-state index contributed by atoms with van der Waals surface area (Å²) in [5, 5.41) is 25.5. The highest BCUT2D eigenvalue weighted by molar-refractivity contribution is 5.91. The van der Waals surface area contributed by atoms with Gasteiger partial charge in [-0.1, -0.05) is 0 Å². The van der Waals surface area contributed by atoms with Crippen LogP contribution in [0.25, 0.3) is 0 Å². The lowest BCUT2D eigenvalue weighted by atomic mass is 9.83. The third-order valence-corrected chi connectivity index (χ3v) is 3.96. The third kappa shape index (κ3) is 3.02. The number of hydrogen-bond donors (Lipinski definition) is 2. The smallest absolute Gasteiger partial charge is 0.273 e. The first-order valence-corrected chi connectivity index (χ1v) is 7.46. The van der Waals surface area contributed by atoms with Gasteiger partial charge in [-0.05, 0) is 31.0 Å². The summed E-state index contributed by atoms with van der Waals surface area (Å²) in [5.41, 5.74) is 1.35. The van der Waals surface area contributed by atoms with Gasteiger partial charge in [0.15, 0.2) is 5.69 Å². The van der Waals surface area contributed by atoms with Gasteiger partial charge in [-0.3, -0.25) is 9.48 Å². The average molecular weight is 316 g/mol. The zero-order chi connectivity index (χ0) is 16.6. The lowest BCUT2D eigenvalue weighted by Gasteiger charge is -2.42. The van der Waals surface area contributed by atoms with Gasteiger partial charge in [-0.2, -0.15) is 5.10 Å². The molecule has 0 bridgehead atoms. The van der Waals surface area contributed by atoms with E-state index in [0.717, 1.165) is 5.56 Å². The first-order valence-electron chi connectivity index (χ1n) is 7.46. The van der Waals surface area contributed by atoms with E-state index in [-0.39, 0.29) is 18.0 Å². The summed E-state index contributed by atoms with van der Waals surface area (Å²) < 4.78 is 1.78. The quantitative estimate of drug-likeness (QED) is 0.851. The van der Waals surface area contributed by atoms with Gasteiger partial charge in [0.1, 0.15) is 5.82 Å². The van der Waals surface area contributed by atoms with E-state index in [0.29, 0.717) is 17.9 Å². The van der Waals surface area contributed by atoms with Crippen molar-refractivity contribution in [3.8, 4) is 0 Å². The van der Waals surface area contributed by atoms with Crippen molar-refractivity contribution in [3.05, 3.63) is 35.8 Å². The largest absolute Gasteiger partial charge is 0.391 e. The molecule has 2 aromatic rings. The molecular weight excluding hydrogens is 296 g/mol. The molecule has 1 fully saturated rings. The zero-order valence-electron chi connectivity index (χ0n) is 13.3. The number of nitrogens with zero attached hydrogens (tertiary/aromatic N) is 5. The summed E-state index contributed by atoms with van der Waals surface area (Å²) in [6, 6.07) is 3.25. The van der Waals surface area contributed by atoms with Crippen molar-refractivity contribution in [1.82, 2.24) is 24.9 Å². The molecule has 0 aliphatic heterocycles. The molecule has 2 heterocycles. The molecule has 1 amide bonds. The summed E-state index contributed by atoms with van der Waals surface area (Å²) in [5.74, 6) is 0.388. The molecule has 8 heteroatoms. The van der Waals surface area contributed by atoms with Gasteiger partial charge in [0.05, 0.1) is 24.4 Å². The summed E-state index contributed by atoms with van der Waals surface area (Å²) in [4.78, 5) is 13.2. The Hall–Kier alpha value is -2.48. The minimum atomic E-state index is -0.436. The number of amides is 1. The molecule has 3 rings (SSSR count). The fourth-order valence-corrected chi connectivity index (χ4v) is 2.65. The van der Waals surface area contributed by atoms with Gasteiger partial charge >= 0.3 is 0 Å². The Balaban J connectivity index is 1.68. The summed E-state index contributed by atoms with van der Waals surface area (Å²) in [7, 11) is 3.34. The highest BCUT2D eigenvalue weighted by Gasteiger charge is 2.42. The number of anilines is 1. The maximum atomic E-state index is 11.8. The van der Waals surface area contributed by atoms with Crippen LogP contribution in [0, 0.1) is 6.92 Å². The van der Waals surface area contributed by atoms with Crippen LogP contribution in [0.15, 0.2) is 24.5 Å². The highest BCUT2D eigenvalue weighted by Crippen LogP contribution is 2.34. The van der Waals surface area contributed by atoms with E-state index in [1.54, 1.807) is 37.1 Å². The molecule has 2 aromatic heterocycles. The van der Waals surface area contributed by atoms with Crippen molar-refractivity contribution in [1.29, 1.82) is 0 Å². The maximum Gasteiger partial charge on any atom is 0.273 e. The Kier molecular flexibility index (Phi) is 3.99. The molecule has 122 valence electrons. The molecule has 0 saturated heterocycles. The average Bonchev–Trinajstić information content (AvgIpc) is 2.92. The van der Waals surface area contributed by atoms with Crippen LogP contribution in [0.5, 0.6) is 0 Å².